The summed E-state index contributed by atoms with van der Waals surface area (Å²) in [7, 11) is -5.69. The second kappa shape index (κ2) is 5.44. The highest BCUT2D eigenvalue weighted by Crippen LogP contribution is 2.41. The Balaban J connectivity index is 2.05. The molecule has 1 fully saturated rings. The zero-order valence-electron chi connectivity index (χ0n) is 11.2. The van der Waals surface area contributed by atoms with Crippen LogP contribution in [0.3, 0.4) is 0 Å². The van der Waals surface area contributed by atoms with Crippen molar-refractivity contribution in [3.8, 4) is 0 Å². The smallest absolute Gasteiger partial charge is 0.217 e. The molecule has 23 heavy (non-hydrogen) atoms. The summed E-state index contributed by atoms with van der Waals surface area (Å²) < 4.78 is 76.2. The molecule has 0 amide bonds. The van der Waals surface area contributed by atoms with Gasteiger partial charge in [0.2, 0.25) is 5.16 Å². The van der Waals surface area contributed by atoms with Crippen LogP contribution in [0.2, 0.25) is 0 Å². The highest BCUT2D eigenvalue weighted by atomic mass is 32.2. The molecule has 1 aliphatic rings. The zero-order chi connectivity index (χ0) is 16.8. The first-order valence-electron chi connectivity index (χ1n) is 6.27. The van der Waals surface area contributed by atoms with Crippen LogP contribution in [0.1, 0.15) is 18.9 Å². The quantitative estimate of drug-likeness (QED) is 0.772. The lowest BCUT2D eigenvalue weighted by Crippen LogP contribution is -2.24. The van der Waals surface area contributed by atoms with E-state index in [0.29, 0.717) is 17.8 Å². The Labute approximate surface area is 131 Å². The summed E-state index contributed by atoms with van der Waals surface area (Å²) in [6.07, 6.45) is 1.66. The lowest BCUT2D eigenvalue weighted by atomic mass is 10.3. The number of sulfone groups is 1. The van der Waals surface area contributed by atoms with Gasteiger partial charge < -0.3 is 0 Å². The Hall–Kier alpha value is -1.69. The molecule has 0 unspecified atom stereocenters. The minimum absolute atomic E-state index is 0.0515. The molecule has 124 valence electrons. The van der Waals surface area contributed by atoms with Crippen LogP contribution >= 0.6 is 11.8 Å². The molecule has 0 spiro atoms. The van der Waals surface area contributed by atoms with E-state index in [1.165, 1.54) is 4.68 Å². The molecule has 2 aromatic rings. The highest BCUT2D eigenvalue weighted by Gasteiger charge is 2.48. The van der Waals surface area contributed by atoms with Gasteiger partial charge in [-0.15, -0.1) is 5.10 Å². The number of alkyl halides is 3. The van der Waals surface area contributed by atoms with E-state index in [-0.39, 0.29) is 16.1 Å². The van der Waals surface area contributed by atoms with Gasteiger partial charge in [0.15, 0.2) is 0 Å². The van der Waals surface area contributed by atoms with E-state index in [2.05, 4.69) is 15.5 Å². The van der Waals surface area contributed by atoms with Gasteiger partial charge in [0.1, 0.15) is 5.82 Å². The summed E-state index contributed by atoms with van der Waals surface area (Å²) in [5.74, 6) is -1.08. The molecule has 1 heterocycles. The number of benzene rings is 1. The summed E-state index contributed by atoms with van der Waals surface area (Å²) in [6, 6.07) is 2.24. The molecule has 1 saturated carbocycles. The highest BCUT2D eigenvalue weighted by molar-refractivity contribution is 8.00. The van der Waals surface area contributed by atoms with Crippen LogP contribution in [0, 0.1) is 5.82 Å². The standard InChI is InChI=1S/C11H8F4N4O2S2/c12-6-1-4-8(9(5-6)23(20,21)11(13,14)15)22-10-16-17-18-19(10)7-2-3-7/h1,4-5,7H,2-3H2. The third-order valence-corrected chi connectivity index (χ3v) is 5.74. The van der Waals surface area contributed by atoms with Gasteiger partial charge in [-0.05, 0) is 53.2 Å². The number of halogens is 4. The Morgan fingerprint density at radius 3 is 2.57 bits per heavy atom. The number of nitrogens with zero attached hydrogens (tertiary/aromatic N) is 4. The maximum absolute atomic E-state index is 13.3. The van der Waals surface area contributed by atoms with Crippen molar-refractivity contribution in [3.63, 3.8) is 0 Å². The van der Waals surface area contributed by atoms with Gasteiger partial charge in [0.05, 0.1) is 10.9 Å². The summed E-state index contributed by atoms with van der Waals surface area (Å²) >= 11 is 0.649. The van der Waals surface area contributed by atoms with E-state index in [1.54, 1.807) is 0 Å². The lowest BCUT2D eigenvalue weighted by molar-refractivity contribution is -0.0437. The van der Waals surface area contributed by atoms with Crippen molar-refractivity contribution in [2.75, 3.05) is 0 Å². The van der Waals surface area contributed by atoms with Crippen LogP contribution in [-0.4, -0.2) is 34.1 Å². The molecule has 0 bridgehead atoms. The second-order valence-electron chi connectivity index (χ2n) is 4.78. The third kappa shape index (κ3) is 3.04. The lowest BCUT2D eigenvalue weighted by Gasteiger charge is -2.12. The number of hydrogen-bond donors (Lipinski definition) is 0. The predicted octanol–water partition coefficient (Wildman–Crippen LogP) is 2.59. The normalized spacial score (nSPS) is 15.8. The first-order valence-corrected chi connectivity index (χ1v) is 8.57. The van der Waals surface area contributed by atoms with Crippen molar-refractivity contribution in [3.05, 3.63) is 24.0 Å². The summed E-state index contributed by atoms with van der Waals surface area (Å²) in [6.45, 7) is 0. The molecule has 12 heteroatoms. The Bertz CT molecular complexity index is 846. The fourth-order valence-electron chi connectivity index (χ4n) is 1.80. The molecule has 6 nitrogen and oxygen atoms in total. The molecule has 1 aromatic carbocycles. The van der Waals surface area contributed by atoms with E-state index in [9.17, 15) is 26.0 Å². The van der Waals surface area contributed by atoms with E-state index in [4.69, 9.17) is 0 Å². The first-order chi connectivity index (χ1) is 10.7. The van der Waals surface area contributed by atoms with E-state index < -0.39 is 26.1 Å². The van der Waals surface area contributed by atoms with Gasteiger partial charge in [0.25, 0.3) is 9.84 Å². The van der Waals surface area contributed by atoms with Gasteiger partial charge in [0, 0.05) is 4.90 Å². The van der Waals surface area contributed by atoms with Gasteiger partial charge in [-0.25, -0.2) is 17.5 Å². The average molecular weight is 368 g/mol. The van der Waals surface area contributed by atoms with Crippen LogP contribution in [0.15, 0.2) is 33.1 Å². The van der Waals surface area contributed by atoms with Crippen LogP contribution in [0.4, 0.5) is 17.6 Å². The van der Waals surface area contributed by atoms with Crippen molar-refractivity contribution in [2.45, 2.75) is 39.3 Å². The molecule has 3 rings (SSSR count). The van der Waals surface area contributed by atoms with E-state index in [0.717, 1.165) is 25.0 Å². The Kier molecular flexibility index (Phi) is 3.83. The van der Waals surface area contributed by atoms with Crippen molar-refractivity contribution < 1.29 is 26.0 Å². The summed E-state index contributed by atoms with van der Waals surface area (Å²) in [5.41, 5.74) is -5.53. The SMILES string of the molecule is O=S(=O)(c1cc(F)ccc1Sc1nnnn1C1CC1)C(F)(F)F. The summed E-state index contributed by atoms with van der Waals surface area (Å²) in [4.78, 5) is -1.44. The molecule has 0 saturated heterocycles. The third-order valence-electron chi connectivity index (χ3n) is 3.06. The molecule has 1 aliphatic carbocycles. The molecule has 1 aromatic heterocycles. The van der Waals surface area contributed by atoms with Crippen molar-refractivity contribution in [1.82, 2.24) is 20.2 Å². The van der Waals surface area contributed by atoms with Crippen LogP contribution < -0.4 is 0 Å². The Morgan fingerprint density at radius 2 is 1.96 bits per heavy atom. The number of tetrazole rings is 1. The predicted molar refractivity (Wildman–Crippen MR) is 69.9 cm³/mol. The van der Waals surface area contributed by atoms with Gasteiger partial charge in [-0.1, -0.05) is 0 Å². The minimum atomic E-state index is -5.69. The number of rotatable bonds is 4. The number of hydrogen-bond acceptors (Lipinski definition) is 6. The van der Waals surface area contributed by atoms with Crippen LogP contribution in [0.5, 0.6) is 0 Å². The first kappa shape index (κ1) is 16.2. The molecular formula is C11H8F4N4O2S2. The van der Waals surface area contributed by atoms with Crippen molar-refractivity contribution in [1.29, 1.82) is 0 Å². The molecule has 0 N–H and O–H groups in total. The van der Waals surface area contributed by atoms with Crippen molar-refractivity contribution in [2.24, 2.45) is 0 Å². The number of aromatic nitrogens is 4. The zero-order valence-corrected chi connectivity index (χ0v) is 12.8. The topological polar surface area (TPSA) is 77.7 Å². The molecular weight excluding hydrogens is 360 g/mol. The maximum Gasteiger partial charge on any atom is 0.501 e. The van der Waals surface area contributed by atoms with Gasteiger partial charge in [-0.3, -0.25) is 0 Å². The van der Waals surface area contributed by atoms with E-state index >= 15 is 0 Å². The molecule has 0 atom stereocenters. The van der Waals surface area contributed by atoms with Gasteiger partial charge >= 0.3 is 5.51 Å². The molecule has 0 radical (unpaired) electrons. The van der Waals surface area contributed by atoms with Crippen LogP contribution in [-0.2, 0) is 9.84 Å². The molecule has 0 aliphatic heterocycles. The minimum Gasteiger partial charge on any atom is -0.217 e. The largest absolute Gasteiger partial charge is 0.501 e. The second-order valence-corrected chi connectivity index (χ2v) is 7.70. The summed E-state index contributed by atoms with van der Waals surface area (Å²) in [5, 5.41) is 11.0. The maximum atomic E-state index is 13.3. The van der Waals surface area contributed by atoms with Crippen LogP contribution in [0.25, 0.3) is 0 Å². The fourth-order valence-corrected chi connectivity index (χ4v) is 3.95. The Morgan fingerprint density at radius 1 is 1.26 bits per heavy atom. The monoisotopic (exact) mass is 368 g/mol. The van der Waals surface area contributed by atoms with Crippen molar-refractivity contribution >= 4 is 21.6 Å². The fraction of sp³-hybridized carbons (Fsp3) is 0.364. The van der Waals surface area contributed by atoms with Gasteiger partial charge in [-0.2, -0.15) is 13.2 Å². The van der Waals surface area contributed by atoms with E-state index in [1.807, 2.05) is 0 Å². The average Bonchev–Trinajstić information content (AvgIpc) is 3.19.